The SMILES string of the molecule is Cc1cc(NC(=O)CCNS(=O)(=O)c2cccc(Cl)c2)ccc1Br. The predicted octanol–water partition coefficient (Wildman–Crippen LogP) is 3.72. The highest BCUT2D eigenvalue weighted by Gasteiger charge is 2.14. The Hall–Kier alpha value is -1.41. The fourth-order valence-corrected chi connectivity index (χ4v) is 3.54. The summed E-state index contributed by atoms with van der Waals surface area (Å²) in [6.45, 7) is 1.91. The number of anilines is 1. The molecule has 2 N–H and O–H groups in total. The lowest BCUT2D eigenvalue weighted by Crippen LogP contribution is -2.27. The number of hydrogen-bond acceptors (Lipinski definition) is 3. The number of benzene rings is 2. The molecule has 0 atom stereocenters. The van der Waals surface area contributed by atoms with Crippen LogP contribution in [-0.2, 0) is 14.8 Å². The topological polar surface area (TPSA) is 75.3 Å². The largest absolute Gasteiger partial charge is 0.326 e. The molecule has 0 saturated heterocycles. The monoisotopic (exact) mass is 430 g/mol. The van der Waals surface area contributed by atoms with E-state index in [1.165, 1.54) is 12.1 Å². The van der Waals surface area contributed by atoms with Crippen LogP contribution in [0.2, 0.25) is 5.02 Å². The number of halogens is 2. The Labute approximate surface area is 154 Å². The Morgan fingerprint density at radius 3 is 2.62 bits per heavy atom. The van der Waals surface area contributed by atoms with Gasteiger partial charge in [-0.2, -0.15) is 0 Å². The maximum Gasteiger partial charge on any atom is 0.240 e. The van der Waals surface area contributed by atoms with Crippen molar-refractivity contribution in [2.75, 3.05) is 11.9 Å². The van der Waals surface area contributed by atoms with Gasteiger partial charge in [-0.3, -0.25) is 4.79 Å². The van der Waals surface area contributed by atoms with Gasteiger partial charge in [0.15, 0.2) is 0 Å². The van der Waals surface area contributed by atoms with E-state index in [2.05, 4.69) is 26.0 Å². The van der Waals surface area contributed by atoms with Crippen molar-refractivity contribution >= 4 is 49.1 Å². The summed E-state index contributed by atoms with van der Waals surface area (Å²) in [5, 5.41) is 3.06. The molecule has 0 radical (unpaired) electrons. The zero-order valence-electron chi connectivity index (χ0n) is 12.8. The summed E-state index contributed by atoms with van der Waals surface area (Å²) in [7, 11) is -3.68. The van der Waals surface area contributed by atoms with Gasteiger partial charge in [0, 0.05) is 28.1 Å². The van der Waals surface area contributed by atoms with Crippen LogP contribution in [0, 0.1) is 6.92 Å². The minimum absolute atomic E-state index is 0.00378. The zero-order valence-corrected chi connectivity index (χ0v) is 16.0. The number of nitrogens with one attached hydrogen (secondary N) is 2. The summed E-state index contributed by atoms with van der Waals surface area (Å²) in [4.78, 5) is 12.0. The fourth-order valence-electron chi connectivity index (χ4n) is 1.96. The summed E-state index contributed by atoms with van der Waals surface area (Å²) < 4.78 is 27.5. The second-order valence-electron chi connectivity index (χ2n) is 5.12. The van der Waals surface area contributed by atoms with Crippen LogP contribution in [0.15, 0.2) is 51.8 Å². The van der Waals surface area contributed by atoms with Crippen LogP contribution < -0.4 is 10.0 Å². The molecule has 5 nitrogen and oxygen atoms in total. The molecule has 0 fully saturated rings. The average Bonchev–Trinajstić information content (AvgIpc) is 2.51. The van der Waals surface area contributed by atoms with E-state index in [4.69, 9.17) is 11.6 Å². The van der Waals surface area contributed by atoms with Gasteiger partial charge in [0.1, 0.15) is 0 Å². The standard InChI is InChI=1S/C16H16BrClN2O3S/c1-11-9-13(5-6-15(11)17)20-16(21)7-8-19-24(22,23)14-4-2-3-12(18)10-14/h2-6,9-10,19H,7-8H2,1H3,(H,20,21). The third-order valence-corrected chi connectivity index (χ3v) is 5.78. The van der Waals surface area contributed by atoms with E-state index in [9.17, 15) is 13.2 Å². The first-order valence-electron chi connectivity index (χ1n) is 7.09. The van der Waals surface area contributed by atoms with Crippen LogP contribution in [0.5, 0.6) is 0 Å². The van der Waals surface area contributed by atoms with Crippen LogP contribution in [0.1, 0.15) is 12.0 Å². The maximum atomic E-state index is 12.1. The second-order valence-corrected chi connectivity index (χ2v) is 8.18. The van der Waals surface area contributed by atoms with Gasteiger partial charge in [-0.1, -0.05) is 33.6 Å². The average molecular weight is 432 g/mol. The molecule has 8 heteroatoms. The van der Waals surface area contributed by atoms with Crippen molar-refractivity contribution in [3.63, 3.8) is 0 Å². The highest BCUT2D eigenvalue weighted by molar-refractivity contribution is 9.10. The Morgan fingerprint density at radius 1 is 1.21 bits per heavy atom. The summed E-state index contributed by atoms with van der Waals surface area (Å²) in [6.07, 6.45) is 0.0227. The van der Waals surface area contributed by atoms with E-state index in [0.29, 0.717) is 10.7 Å². The molecule has 24 heavy (non-hydrogen) atoms. The molecule has 2 aromatic rings. The van der Waals surface area contributed by atoms with Crippen molar-refractivity contribution in [2.45, 2.75) is 18.2 Å². The van der Waals surface area contributed by atoms with Crippen molar-refractivity contribution in [3.05, 3.63) is 57.5 Å². The van der Waals surface area contributed by atoms with Crippen molar-refractivity contribution < 1.29 is 13.2 Å². The third kappa shape index (κ3) is 5.31. The van der Waals surface area contributed by atoms with Gasteiger partial charge in [0.05, 0.1) is 4.90 Å². The number of aryl methyl sites for hydroxylation is 1. The van der Waals surface area contributed by atoms with Gasteiger partial charge in [-0.05, 0) is 48.9 Å². The Bertz CT molecular complexity index is 856. The van der Waals surface area contributed by atoms with E-state index in [1.807, 2.05) is 19.1 Å². The predicted molar refractivity (Wildman–Crippen MR) is 98.8 cm³/mol. The molecule has 0 bridgehead atoms. The number of rotatable bonds is 6. The van der Waals surface area contributed by atoms with Crippen molar-refractivity contribution in [1.82, 2.24) is 4.72 Å². The highest BCUT2D eigenvalue weighted by atomic mass is 79.9. The highest BCUT2D eigenvalue weighted by Crippen LogP contribution is 2.20. The number of amides is 1. The minimum atomic E-state index is -3.68. The molecule has 0 unspecified atom stereocenters. The molecule has 0 saturated carbocycles. The van der Waals surface area contributed by atoms with Gasteiger partial charge in [-0.25, -0.2) is 13.1 Å². The number of hydrogen-bond donors (Lipinski definition) is 2. The van der Waals surface area contributed by atoms with Gasteiger partial charge < -0.3 is 5.32 Å². The van der Waals surface area contributed by atoms with Crippen molar-refractivity contribution in [2.24, 2.45) is 0 Å². The number of sulfonamides is 1. The summed E-state index contributed by atoms with van der Waals surface area (Å²) in [5.41, 5.74) is 1.66. The van der Waals surface area contributed by atoms with Gasteiger partial charge in [0.25, 0.3) is 0 Å². The molecule has 0 aliphatic rings. The van der Waals surface area contributed by atoms with Gasteiger partial charge in [0.2, 0.25) is 15.9 Å². The molecule has 0 spiro atoms. The van der Waals surface area contributed by atoms with Crippen molar-refractivity contribution in [3.8, 4) is 0 Å². The van der Waals surface area contributed by atoms with Crippen LogP contribution >= 0.6 is 27.5 Å². The summed E-state index contributed by atoms with van der Waals surface area (Å²) in [6, 6.07) is 11.4. The normalized spacial score (nSPS) is 11.3. The second kappa shape index (κ2) is 8.11. The first-order valence-corrected chi connectivity index (χ1v) is 9.74. The number of carbonyl (C=O) groups is 1. The Balaban J connectivity index is 1.89. The molecular formula is C16H16BrClN2O3S. The molecule has 0 aliphatic heterocycles. The van der Waals surface area contributed by atoms with Crippen LogP contribution in [0.3, 0.4) is 0 Å². The van der Waals surface area contributed by atoms with Crippen LogP contribution in [-0.4, -0.2) is 20.9 Å². The molecule has 0 aliphatic carbocycles. The first kappa shape index (κ1) is 18.9. The summed E-state index contributed by atoms with van der Waals surface area (Å²) >= 11 is 9.18. The van der Waals surface area contributed by atoms with Crippen LogP contribution in [0.25, 0.3) is 0 Å². The van der Waals surface area contributed by atoms with Gasteiger partial charge in [-0.15, -0.1) is 0 Å². The minimum Gasteiger partial charge on any atom is -0.326 e. The van der Waals surface area contributed by atoms with E-state index in [0.717, 1.165) is 10.0 Å². The lowest BCUT2D eigenvalue weighted by molar-refractivity contribution is -0.116. The van der Waals surface area contributed by atoms with E-state index in [-0.39, 0.29) is 23.8 Å². The lowest BCUT2D eigenvalue weighted by Gasteiger charge is -2.09. The molecule has 2 rings (SSSR count). The van der Waals surface area contributed by atoms with Crippen molar-refractivity contribution in [1.29, 1.82) is 0 Å². The summed E-state index contributed by atoms with van der Waals surface area (Å²) in [5.74, 6) is -0.273. The van der Waals surface area contributed by atoms with Gasteiger partial charge >= 0.3 is 0 Å². The first-order chi connectivity index (χ1) is 11.3. The molecule has 0 heterocycles. The smallest absolute Gasteiger partial charge is 0.240 e. The maximum absolute atomic E-state index is 12.1. The van der Waals surface area contributed by atoms with E-state index in [1.54, 1.807) is 18.2 Å². The Morgan fingerprint density at radius 2 is 1.96 bits per heavy atom. The third-order valence-electron chi connectivity index (χ3n) is 3.19. The quantitative estimate of drug-likeness (QED) is 0.732. The zero-order chi connectivity index (χ0) is 17.7. The number of carbonyl (C=O) groups excluding carboxylic acids is 1. The fraction of sp³-hybridized carbons (Fsp3) is 0.188. The molecular weight excluding hydrogens is 416 g/mol. The molecule has 128 valence electrons. The Kier molecular flexibility index (Phi) is 6.40. The molecule has 1 amide bonds. The van der Waals surface area contributed by atoms with E-state index < -0.39 is 10.0 Å². The molecule has 2 aromatic carbocycles. The van der Waals surface area contributed by atoms with Crippen LogP contribution in [0.4, 0.5) is 5.69 Å². The lowest BCUT2D eigenvalue weighted by atomic mass is 10.2. The van der Waals surface area contributed by atoms with E-state index >= 15 is 0 Å². The molecule has 0 aromatic heterocycles.